The molecule has 4 heteroatoms. The highest BCUT2D eigenvalue weighted by atomic mass is 127. The van der Waals surface area contributed by atoms with Crippen molar-refractivity contribution in [1.29, 1.82) is 0 Å². The lowest BCUT2D eigenvalue weighted by Gasteiger charge is -2.09. The summed E-state index contributed by atoms with van der Waals surface area (Å²) in [7, 11) is 0. The number of anilines is 1. The Morgan fingerprint density at radius 2 is 2.00 bits per heavy atom. The van der Waals surface area contributed by atoms with E-state index in [0.29, 0.717) is 6.54 Å². The molecule has 0 aliphatic heterocycles. The van der Waals surface area contributed by atoms with Gasteiger partial charge in [-0.05, 0) is 64.9 Å². The second-order valence-electron chi connectivity index (χ2n) is 4.05. The molecule has 94 valence electrons. The standard InChI is InChI=1S/C14H12BrFIN/c1-9-2-5-12(7-14(9)17)18-8-10-3-4-11(16)6-13(10)15/h2-7,18H,8H2,1H3. The SMILES string of the molecule is Cc1ccc(NCc2ccc(F)cc2Br)cc1I. The van der Waals surface area contributed by atoms with Crippen molar-refractivity contribution in [1.82, 2.24) is 0 Å². The molecule has 0 unspecified atom stereocenters. The molecule has 1 N–H and O–H groups in total. The number of hydrogen-bond donors (Lipinski definition) is 1. The van der Waals surface area contributed by atoms with E-state index in [4.69, 9.17) is 0 Å². The van der Waals surface area contributed by atoms with Crippen LogP contribution in [0.3, 0.4) is 0 Å². The quantitative estimate of drug-likeness (QED) is 0.681. The van der Waals surface area contributed by atoms with Gasteiger partial charge in [-0.1, -0.05) is 28.1 Å². The van der Waals surface area contributed by atoms with Crippen LogP contribution >= 0.6 is 38.5 Å². The molecule has 0 radical (unpaired) electrons. The summed E-state index contributed by atoms with van der Waals surface area (Å²) >= 11 is 5.68. The molecule has 2 aromatic rings. The predicted molar refractivity (Wildman–Crippen MR) is 85.3 cm³/mol. The van der Waals surface area contributed by atoms with Crippen molar-refractivity contribution >= 4 is 44.2 Å². The summed E-state index contributed by atoms with van der Waals surface area (Å²) in [4.78, 5) is 0. The van der Waals surface area contributed by atoms with E-state index >= 15 is 0 Å². The average Bonchev–Trinajstić information content (AvgIpc) is 2.32. The lowest BCUT2D eigenvalue weighted by molar-refractivity contribution is 0.626. The molecule has 0 aromatic heterocycles. The van der Waals surface area contributed by atoms with Gasteiger partial charge < -0.3 is 5.32 Å². The summed E-state index contributed by atoms with van der Waals surface area (Å²) in [5.74, 6) is -0.226. The smallest absolute Gasteiger partial charge is 0.124 e. The van der Waals surface area contributed by atoms with Gasteiger partial charge in [0.2, 0.25) is 0 Å². The van der Waals surface area contributed by atoms with Crippen LogP contribution in [0.1, 0.15) is 11.1 Å². The van der Waals surface area contributed by atoms with Crippen LogP contribution in [0, 0.1) is 16.3 Å². The Morgan fingerprint density at radius 3 is 2.67 bits per heavy atom. The van der Waals surface area contributed by atoms with Gasteiger partial charge in [-0.2, -0.15) is 0 Å². The van der Waals surface area contributed by atoms with Crippen molar-refractivity contribution in [3.63, 3.8) is 0 Å². The first kappa shape index (κ1) is 13.8. The number of aryl methyl sites for hydroxylation is 1. The molecule has 0 aliphatic rings. The highest BCUT2D eigenvalue weighted by Gasteiger charge is 2.02. The van der Waals surface area contributed by atoms with Gasteiger partial charge in [-0.3, -0.25) is 0 Å². The number of benzene rings is 2. The van der Waals surface area contributed by atoms with E-state index in [1.807, 2.05) is 0 Å². The second kappa shape index (κ2) is 6.02. The highest BCUT2D eigenvalue weighted by Crippen LogP contribution is 2.21. The Kier molecular flexibility index (Phi) is 4.61. The van der Waals surface area contributed by atoms with Crippen molar-refractivity contribution in [2.75, 3.05) is 5.32 Å². The maximum atomic E-state index is 13.0. The van der Waals surface area contributed by atoms with Crippen LogP contribution in [0.5, 0.6) is 0 Å². The molecule has 0 spiro atoms. The minimum absolute atomic E-state index is 0.226. The van der Waals surface area contributed by atoms with Gasteiger partial charge in [-0.15, -0.1) is 0 Å². The topological polar surface area (TPSA) is 12.0 Å². The Bertz CT molecular complexity index is 572. The first-order valence-electron chi connectivity index (χ1n) is 5.50. The average molecular weight is 420 g/mol. The van der Waals surface area contributed by atoms with Gasteiger partial charge in [0.1, 0.15) is 5.82 Å². The zero-order valence-corrected chi connectivity index (χ0v) is 13.5. The van der Waals surface area contributed by atoms with E-state index < -0.39 is 0 Å². The van der Waals surface area contributed by atoms with Crippen molar-refractivity contribution in [2.24, 2.45) is 0 Å². The minimum atomic E-state index is -0.226. The third kappa shape index (κ3) is 3.45. The van der Waals surface area contributed by atoms with Crippen LogP contribution in [0.4, 0.5) is 10.1 Å². The molecule has 0 atom stereocenters. The van der Waals surface area contributed by atoms with E-state index in [2.05, 4.69) is 69.0 Å². The first-order chi connectivity index (χ1) is 8.56. The summed E-state index contributed by atoms with van der Waals surface area (Å²) in [5, 5.41) is 3.33. The van der Waals surface area contributed by atoms with Crippen molar-refractivity contribution in [3.8, 4) is 0 Å². The summed E-state index contributed by atoms with van der Waals surface area (Å²) in [6.45, 7) is 2.75. The maximum Gasteiger partial charge on any atom is 0.124 e. The van der Waals surface area contributed by atoms with Crippen molar-refractivity contribution in [2.45, 2.75) is 13.5 Å². The Morgan fingerprint density at radius 1 is 1.22 bits per heavy atom. The van der Waals surface area contributed by atoms with Gasteiger partial charge in [-0.25, -0.2) is 4.39 Å². The maximum absolute atomic E-state index is 13.0. The van der Waals surface area contributed by atoms with Crippen LogP contribution in [0.15, 0.2) is 40.9 Å². The minimum Gasteiger partial charge on any atom is -0.381 e. The number of rotatable bonds is 3. The summed E-state index contributed by atoms with van der Waals surface area (Å²) < 4.78 is 15.0. The number of hydrogen-bond acceptors (Lipinski definition) is 1. The van der Waals surface area contributed by atoms with Gasteiger partial charge in [0.15, 0.2) is 0 Å². The molecular weight excluding hydrogens is 408 g/mol. The Labute approximate surface area is 128 Å². The van der Waals surface area contributed by atoms with E-state index in [-0.39, 0.29) is 5.82 Å². The van der Waals surface area contributed by atoms with Crippen molar-refractivity contribution in [3.05, 3.63) is 61.4 Å². The molecule has 2 aromatic carbocycles. The Balaban J connectivity index is 2.09. The molecule has 0 saturated heterocycles. The molecule has 1 nitrogen and oxygen atoms in total. The highest BCUT2D eigenvalue weighted by molar-refractivity contribution is 14.1. The number of halogens is 3. The molecule has 0 amide bonds. The fraction of sp³-hybridized carbons (Fsp3) is 0.143. The third-order valence-corrected chi connectivity index (χ3v) is 4.57. The molecule has 0 saturated carbocycles. The van der Waals surface area contributed by atoms with Gasteiger partial charge in [0.25, 0.3) is 0 Å². The normalized spacial score (nSPS) is 10.4. The molecule has 0 aliphatic carbocycles. The third-order valence-electron chi connectivity index (χ3n) is 2.67. The van der Waals surface area contributed by atoms with Crippen LogP contribution in [0.2, 0.25) is 0 Å². The fourth-order valence-corrected chi connectivity index (χ4v) is 2.57. The van der Waals surface area contributed by atoms with E-state index in [0.717, 1.165) is 15.7 Å². The van der Waals surface area contributed by atoms with Crippen LogP contribution in [-0.2, 0) is 6.54 Å². The largest absolute Gasteiger partial charge is 0.381 e. The zero-order chi connectivity index (χ0) is 13.1. The van der Waals surface area contributed by atoms with Gasteiger partial charge >= 0.3 is 0 Å². The molecule has 0 bridgehead atoms. The molecular formula is C14H12BrFIN. The molecule has 0 fully saturated rings. The van der Waals surface area contributed by atoms with E-state index in [1.165, 1.54) is 21.3 Å². The number of nitrogens with one attached hydrogen (secondary N) is 1. The van der Waals surface area contributed by atoms with Gasteiger partial charge in [0.05, 0.1) is 0 Å². The van der Waals surface area contributed by atoms with Crippen LogP contribution in [-0.4, -0.2) is 0 Å². The van der Waals surface area contributed by atoms with E-state index in [1.54, 1.807) is 6.07 Å². The Hall–Kier alpha value is -0.620. The predicted octanol–water partition coefficient (Wildman–Crippen LogP) is 5.11. The molecule has 2 rings (SSSR count). The van der Waals surface area contributed by atoms with E-state index in [9.17, 15) is 4.39 Å². The van der Waals surface area contributed by atoms with Crippen LogP contribution < -0.4 is 5.32 Å². The summed E-state index contributed by atoms with van der Waals surface area (Å²) in [6, 6.07) is 11.0. The molecule has 0 heterocycles. The lowest BCUT2D eigenvalue weighted by atomic mass is 10.2. The lowest BCUT2D eigenvalue weighted by Crippen LogP contribution is -2.01. The monoisotopic (exact) mass is 419 g/mol. The molecule has 18 heavy (non-hydrogen) atoms. The summed E-state index contributed by atoms with van der Waals surface area (Å²) in [5.41, 5.74) is 3.37. The fourth-order valence-electron chi connectivity index (χ4n) is 1.57. The van der Waals surface area contributed by atoms with Gasteiger partial charge in [0, 0.05) is 20.3 Å². The van der Waals surface area contributed by atoms with Crippen molar-refractivity contribution < 1.29 is 4.39 Å². The zero-order valence-electron chi connectivity index (χ0n) is 9.81. The summed E-state index contributed by atoms with van der Waals surface area (Å²) in [6.07, 6.45) is 0. The van der Waals surface area contributed by atoms with Crippen LogP contribution in [0.25, 0.3) is 0 Å². The second-order valence-corrected chi connectivity index (χ2v) is 6.07. The first-order valence-corrected chi connectivity index (χ1v) is 7.37.